The summed E-state index contributed by atoms with van der Waals surface area (Å²) in [5, 5.41) is 7.56. The Labute approximate surface area is 78.1 Å². The van der Waals surface area contributed by atoms with Gasteiger partial charge in [-0.2, -0.15) is 5.10 Å². The molecule has 0 amide bonds. The number of hydrogen-bond acceptors (Lipinski definition) is 3. The van der Waals surface area contributed by atoms with Crippen molar-refractivity contribution in [3.8, 4) is 0 Å². The molecule has 0 unspecified atom stereocenters. The molecule has 1 fully saturated rings. The Morgan fingerprint density at radius 3 is 3.00 bits per heavy atom. The molecule has 4 heteroatoms. The van der Waals surface area contributed by atoms with Crippen LogP contribution in [0.25, 0.3) is 0 Å². The van der Waals surface area contributed by atoms with E-state index >= 15 is 0 Å². The van der Waals surface area contributed by atoms with E-state index in [-0.39, 0.29) is 0 Å². The normalized spacial score (nSPS) is 27.2. The van der Waals surface area contributed by atoms with E-state index in [0.717, 1.165) is 19.4 Å². The smallest absolute Gasteiger partial charge is 0.0518 e. The van der Waals surface area contributed by atoms with Crippen molar-refractivity contribution in [3.63, 3.8) is 0 Å². The maximum Gasteiger partial charge on any atom is 0.0518 e. The third-order valence-electron chi connectivity index (χ3n) is 2.67. The quantitative estimate of drug-likeness (QED) is 0.688. The van der Waals surface area contributed by atoms with Crippen LogP contribution in [0.5, 0.6) is 0 Å². The van der Waals surface area contributed by atoms with Gasteiger partial charge in [-0.15, -0.1) is 0 Å². The molecule has 0 atom stereocenters. The minimum absolute atomic E-state index is 0.420. The monoisotopic (exact) mass is 180 g/mol. The summed E-state index contributed by atoms with van der Waals surface area (Å²) in [6.07, 6.45) is 4.04. The molecule has 0 bridgehead atoms. The van der Waals surface area contributed by atoms with E-state index in [2.05, 4.69) is 10.4 Å². The Balaban J connectivity index is 1.77. The number of rotatable bonds is 3. The van der Waals surface area contributed by atoms with Gasteiger partial charge in [0.25, 0.3) is 0 Å². The average molecular weight is 180 g/mol. The Morgan fingerprint density at radius 1 is 1.69 bits per heavy atom. The summed E-state index contributed by atoms with van der Waals surface area (Å²) in [6, 6.07) is 3.07. The van der Waals surface area contributed by atoms with Crippen molar-refractivity contribution in [3.05, 3.63) is 18.0 Å². The number of hydrogen-bond donors (Lipinski definition) is 2. The summed E-state index contributed by atoms with van der Waals surface area (Å²) in [7, 11) is 1.96. The molecule has 1 aromatic rings. The van der Waals surface area contributed by atoms with Gasteiger partial charge in [-0.25, -0.2) is 0 Å². The number of nitrogens with two attached hydrogens (primary N) is 1. The number of nitrogens with one attached hydrogen (secondary N) is 1. The molecular formula is C9H16N4. The van der Waals surface area contributed by atoms with E-state index in [1.165, 1.54) is 5.69 Å². The predicted octanol–water partition coefficient (Wildman–Crippen LogP) is -0.000600. The van der Waals surface area contributed by atoms with E-state index in [0.29, 0.717) is 12.1 Å². The first-order chi connectivity index (χ1) is 6.25. The highest BCUT2D eigenvalue weighted by molar-refractivity contribution is 5.00. The van der Waals surface area contributed by atoms with Crippen LogP contribution in [0.3, 0.4) is 0 Å². The summed E-state index contributed by atoms with van der Waals surface area (Å²) in [5.74, 6) is 0. The van der Waals surface area contributed by atoms with Crippen LogP contribution in [-0.4, -0.2) is 21.9 Å². The SMILES string of the molecule is Cn1nccc1CNC1CC(N)C1. The zero-order chi connectivity index (χ0) is 9.26. The number of nitrogens with zero attached hydrogens (tertiary/aromatic N) is 2. The van der Waals surface area contributed by atoms with Crippen molar-refractivity contribution in [2.75, 3.05) is 0 Å². The second kappa shape index (κ2) is 3.47. The van der Waals surface area contributed by atoms with Gasteiger partial charge in [0, 0.05) is 31.9 Å². The fraction of sp³-hybridized carbons (Fsp3) is 0.667. The minimum Gasteiger partial charge on any atom is -0.328 e. The van der Waals surface area contributed by atoms with Gasteiger partial charge < -0.3 is 11.1 Å². The summed E-state index contributed by atoms with van der Waals surface area (Å²) < 4.78 is 1.89. The maximum absolute atomic E-state index is 5.69. The lowest BCUT2D eigenvalue weighted by Gasteiger charge is -2.33. The van der Waals surface area contributed by atoms with Gasteiger partial charge in [-0.1, -0.05) is 0 Å². The van der Waals surface area contributed by atoms with Crippen LogP contribution in [-0.2, 0) is 13.6 Å². The molecule has 1 aliphatic carbocycles. The van der Waals surface area contributed by atoms with Gasteiger partial charge in [-0.05, 0) is 18.9 Å². The molecular weight excluding hydrogens is 164 g/mol. The molecule has 3 N–H and O–H groups in total. The zero-order valence-corrected chi connectivity index (χ0v) is 7.90. The Bertz CT molecular complexity index is 275. The van der Waals surface area contributed by atoms with Crippen LogP contribution in [0.2, 0.25) is 0 Å². The van der Waals surface area contributed by atoms with Gasteiger partial charge in [-0.3, -0.25) is 4.68 Å². The van der Waals surface area contributed by atoms with E-state index in [9.17, 15) is 0 Å². The first-order valence-corrected chi connectivity index (χ1v) is 4.71. The highest BCUT2D eigenvalue weighted by Gasteiger charge is 2.24. The van der Waals surface area contributed by atoms with Crippen molar-refractivity contribution in [1.82, 2.24) is 15.1 Å². The molecule has 1 aromatic heterocycles. The van der Waals surface area contributed by atoms with Crippen molar-refractivity contribution < 1.29 is 0 Å². The zero-order valence-electron chi connectivity index (χ0n) is 7.90. The van der Waals surface area contributed by atoms with E-state index < -0.39 is 0 Å². The predicted molar refractivity (Wildman–Crippen MR) is 51.0 cm³/mol. The van der Waals surface area contributed by atoms with Crippen LogP contribution < -0.4 is 11.1 Å². The lowest BCUT2D eigenvalue weighted by Crippen LogP contribution is -2.48. The van der Waals surface area contributed by atoms with Gasteiger partial charge >= 0.3 is 0 Å². The van der Waals surface area contributed by atoms with Crippen LogP contribution in [0, 0.1) is 0 Å². The molecule has 0 aliphatic heterocycles. The molecule has 0 spiro atoms. The van der Waals surface area contributed by atoms with Gasteiger partial charge in [0.1, 0.15) is 0 Å². The summed E-state index contributed by atoms with van der Waals surface area (Å²) in [6.45, 7) is 0.897. The number of aromatic nitrogens is 2. The van der Waals surface area contributed by atoms with Gasteiger partial charge in [0.15, 0.2) is 0 Å². The topological polar surface area (TPSA) is 55.9 Å². The minimum atomic E-state index is 0.420. The van der Waals surface area contributed by atoms with Crippen molar-refractivity contribution in [2.24, 2.45) is 12.8 Å². The highest BCUT2D eigenvalue weighted by Crippen LogP contribution is 2.17. The molecule has 4 nitrogen and oxygen atoms in total. The summed E-state index contributed by atoms with van der Waals surface area (Å²) >= 11 is 0. The molecule has 1 aliphatic rings. The second-order valence-corrected chi connectivity index (χ2v) is 3.76. The third-order valence-corrected chi connectivity index (χ3v) is 2.67. The standard InChI is InChI=1S/C9H16N4/c1-13-9(2-3-12-13)6-11-8-4-7(10)5-8/h2-3,7-8,11H,4-6,10H2,1H3. The fourth-order valence-corrected chi connectivity index (χ4v) is 1.65. The first-order valence-electron chi connectivity index (χ1n) is 4.71. The molecule has 0 aromatic carbocycles. The molecule has 0 radical (unpaired) electrons. The second-order valence-electron chi connectivity index (χ2n) is 3.76. The van der Waals surface area contributed by atoms with Gasteiger partial charge in [0.2, 0.25) is 0 Å². The van der Waals surface area contributed by atoms with Crippen LogP contribution >= 0.6 is 0 Å². The third kappa shape index (κ3) is 1.89. The molecule has 13 heavy (non-hydrogen) atoms. The van der Waals surface area contributed by atoms with Crippen molar-refractivity contribution in [2.45, 2.75) is 31.5 Å². The summed E-state index contributed by atoms with van der Waals surface area (Å²) in [4.78, 5) is 0. The van der Waals surface area contributed by atoms with Crippen LogP contribution in [0.1, 0.15) is 18.5 Å². The Kier molecular flexibility index (Phi) is 2.33. The lowest BCUT2D eigenvalue weighted by atomic mass is 9.88. The van der Waals surface area contributed by atoms with Crippen LogP contribution in [0.4, 0.5) is 0 Å². The molecule has 72 valence electrons. The lowest BCUT2D eigenvalue weighted by molar-refractivity contribution is 0.288. The summed E-state index contributed by atoms with van der Waals surface area (Å²) in [5.41, 5.74) is 6.91. The van der Waals surface area contributed by atoms with E-state index in [4.69, 9.17) is 5.73 Å². The van der Waals surface area contributed by atoms with Crippen molar-refractivity contribution in [1.29, 1.82) is 0 Å². The largest absolute Gasteiger partial charge is 0.328 e. The maximum atomic E-state index is 5.69. The Hall–Kier alpha value is -0.870. The number of aryl methyl sites for hydroxylation is 1. The highest BCUT2D eigenvalue weighted by atomic mass is 15.3. The van der Waals surface area contributed by atoms with Crippen molar-refractivity contribution >= 4 is 0 Å². The molecule has 1 saturated carbocycles. The molecule has 0 saturated heterocycles. The average Bonchev–Trinajstić information content (AvgIpc) is 2.43. The first kappa shape index (κ1) is 8.72. The van der Waals surface area contributed by atoms with Gasteiger partial charge in [0.05, 0.1) is 5.69 Å². The van der Waals surface area contributed by atoms with E-state index in [1.807, 2.05) is 24.0 Å². The molecule has 2 rings (SSSR count). The Morgan fingerprint density at radius 2 is 2.46 bits per heavy atom. The molecule has 1 heterocycles. The van der Waals surface area contributed by atoms with E-state index in [1.54, 1.807) is 0 Å². The van der Waals surface area contributed by atoms with Crippen LogP contribution in [0.15, 0.2) is 12.3 Å². The fourth-order valence-electron chi connectivity index (χ4n) is 1.65.